The summed E-state index contributed by atoms with van der Waals surface area (Å²) in [4.78, 5) is 19.2. The number of halogens is 1. The molecule has 0 atom stereocenters. The molecule has 0 aliphatic rings. The fraction of sp³-hybridized carbons (Fsp3) is 0.143. The van der Waals surface area contributed by atoms with Crippen molar-refractivity contribution in [1.82, 2.24) is 0 Å². The van der Waals surface area contributed by atoms with Crippen molar-refractivity contribution in [3.63, 3.8) is 0 Å². The highest BCUT2D eigenvalue weighted by molar-refractivity contribution is 6.66. The van der Waals surface area contributed by atoms with Crippen LogP contribution < -0.4 is 0 Å². The molecule has 0 aromatic carbocycles. The van der Waals surface area contributed by atoms with Crippen molar-refractivity contribution in [2.75, 3.05) is 0 Å². The third-order valence-electron chi connectivity index (χ3n) is 0.448. The summed E-state index contributed by atoms with van der Waals surface area (Å²) in [7, 11) is 0. The van der Waals surface area contributed by atoms with E-state index in [1.807, 2.05) is 0 Å². The van der Waals surface area contributed by atoms with Crippen LogP contribution in [0.2, 0.25) is 0 Å². The van der Waals surface area contributed by atoms with Gasteiger partial charge in [0.1, 0.15) is 0 Å². The predicted molar refractivity (Wildman–Crippen MR) is 41.9 cm³/mol. The molecule has 0 unspecified atom stereocenters. The van der Waals surface area contributed by atoms with E-state index in [1.54, 1.807) is 0 Å². The molecule has 0 N–H and O–H groups in total. The van der Waals surface area contributed by atoms with Gasteiger partial charge in [0, 0.05) is 0 Å². The van der Waals surface area contributed by atoms with Gasteiger partial charge in [-0.3, -0.25) is 9.59 Å². The normalized spacial score (nSPS) is 6.60. The van der Waals surface area contributed by atoms with Gasteiger partial charge in [-0.1, -0.05) is 13.2 Å². The summed E-state index contributed by atoms with van der Waals surface area (Å²) in [6, 6.07) is 0. The largest absolute Gasteiger partial charge is 0.295 e. The summed E-state index contributed by atoms with van der Waals surface area (Å²) in [6.45, 7) is 7.75. The van der Waals surface area contributed by atoms with E-state index in [2.05, 4.69) is 13.2 Å². The number of hydrogen-bond acceptors (Lipinski definition) is 2. The van der Waals surface area contributed by atoms with Gasteiger partial charge in [0.05, 0.1) is 0 Å². The maximum atomic E-state index is 9.69. The van der Waals surface area contributed by atoms with Gasteiger partial charge in [0.2, 0.25) is 5.24 Å². The fourth-order valence-corrected chi connectivity index (χ4v) is 0. The molecule has 0 saturated heterocycles. The first-order valence-corrected chi connectivity index (χ1v) is 2.87. The van der Waals surface area contributed by atoms with Crippen LogP contribution in [0.5, 0.6) is 0 Å². The molecule has 56 valence electrons. The van der Waals surface area contributed by atoms with Crippen molar-refractivity contribution in [2.24, 2.45) is 0 Å². The van der Waals surface area contributed by atoms with Crippen LogP contribution in [0.4, 0.5) is 0 Å². The molecule has 0 rings (SSSR count). The zero-order chi connectivity index (χ0) is 8.57. The molecular weight excluding hydrogens is 152 g/mol. The van der Waals surface area contributed by atoms with E-state index in [1.165, 1.54) is 13.0 Å². The molecule has 0 aromatic rings. The lowest BCUT2D eigenvalue weighted by atomic mass is 10.5. The van der Waals surface area contributed by atoms with Crippen molar-refractivity contribution in [1.29, 1.82) is 0 Å². The highest BCUT2D eigenvalue weighted by Gasteiger charge is 1.74. The highest BCUT2D eigenvalue weighted by Crippen LogP contribution is 1.74. The minimum absolute atomic E-state index is 0.0185. The predicted octanol–water partition coefficient (Wildman–Crippen LogP) is 1.70. The van der Waals surface area contributed by atoms with Crippen LogP contribution in [0.3, 0.4) is 0 Å². The molecule has 0 bridgehead atoms. The molecule has 0 radical (unpaired) electrons. The molecule has 0 fully saturated rings. The molecule has 2 nitrogen and oxygen atoms in total. The van der Waals surface area contributed by atoms with E-state index in [-0.39, 0.29) is 5.78 Å². The van der Waals surface area contributed by atoms with E-state index < -0.39 is 5.24 Å². The summed E-state index contributed by atoms with van der Waals surface area (Å²) in [5.41, 5.74) is 0. The number of hydrogen-bond donors (Lipinski definition) is 0. The van der Waals surface area contributed by atoms with Gasteiger partial charge in [-0.25, -0.2) is 0 Å². The SMILES string of the molecule is C=CC(=O)Cl.C=CC(C)=O. The monoisotopic (exact) mass is 160 g/mol. The molecule has 0 heterocycles. The van der Waals surface area contributed by atoms with Crippen LogP contribution in [0.15, 0.2) is 25.3 Å². The molecule has 0 spiro atoms. The van der Waals surface area contributed by atoms with Crippen LogP contribution in [-0.2, 0) is 9.59 Å². The van der Waals surface area contributed by atoms with Gasteiger partial charge in [-0.05, 0) is 30.7 Å². The van der Waals surface area contributed by atoms with Crippen LogP contribution >= 0.6 is 11.6 Å². The van der Waals surface area contributed by atoms with Crippen molar-refractivity contribution < 1.29 is 9.59 Å². The Bertz CT molecular complexity index is 132. The first-order chi connectivity index (χ1) is 4.54. The summed E-state index contributed by atoms with van der Waals surface area (Å²) in [5.74, 6) is 0.0185. The third-order valence-corrected chi connectivity index (χ3v) is 0.602. The van der Waals surface area contributed by atoms with E-state index in [4.69, 9.17) is 11.6 Å². The highest BCUT2D eigenvalue weighted by atomic mass is 35.5. The zero-order valence-corrected chi connectivity index (χ0v) is 6.52. The molecule has 0 amide bonds. The number of rotatable bonds is 2. The Morgan fingerprint density at radius 3 is 1.50 bits per heavy atom. The molecule has 0 aliphatic heterocycles. The first-order valence-electron chi connectivity index (χ1n) is 2.49. The van der Waals surface area contributed by atoms with Gasteiger partial charge in [0.15, 0.2) is 5.78 Å². The van der Waals surface area contributed by atoms with Gasteiger partial charge in [-0.15, -0.1) is 0 Å². The van der Waals surface area contributed by atoms with E-state index in [0.717, 1.165) is 6.08 Å². The zero-order valence-electron chi connectivity index (χ0n) is 5.76. The second-order valence-corrected chi connectivity index (χ2v) is 1.70. The summed E-state index contributed by atoms with van der Waals surface area (Å²) < 4.78 is 0. The lowest BCUT2D eigenvalue weighted by Gasteiger charge is -1.62. The van der Waals surface area contributed by atoms with Crippen LogP contribution in [0.25, 0.3) is 0 Å². The fourth-order valence-electron chi connectivity index (χ4n) is 0. The van der Waals surface area contributed by atoms with Crippen molar-refractivity contribution in [3.05, 3.63) is 25.3 Å². The molecule has 0 aromatic heterocycles. The summed E-state index contributed by atoms with van der Waals surface area (Å²) >= 11 is 4.71. The smallest absolute Gasteiger partial charge is 0.244 e. The van der Waals surface area contributed by atoms with Crippen molar-refractivity contribution in [2.45, 2.75) is 6.92 Å². The maximum absolute atomic E-state index is 9.69. The Hall–Kier alpha value is -0.890. The molecule has 3 heteroatoms. The Balaban J connectivity index is 0. The van der Waals surface area contributed by atoms with Crippen LogP contribution in [-0.4, -0.2) is 11.0 Å². The average molecular weight is 161 g/mol. The number of carbonyl (C=O) groups excluding carboxylic acids is 2. The van der Waals surface area contributed by atoms with E-state index in [0.29, 0.717) is 0 Å². The van der Waals surface area contributed by atoms with E-state index in [9.17, 15) is 9.59 Å². The topological polar surface area (TPSA) is 34.1 Å². The van der Waals surface area contributed by atoms with Gasteiger partial charge < -0.3 is 0 Å². The van der Waals surface area contributed by atoms with Crippen LogP contribution in [0.1, 0.15) is 6.92 Å². The third kappa shape index (κ3) is 27.4. The Morgan fingerprint density at radius 2 is 1.50 bits per heavy atom. The summed E-state index contributed by atoms with van der Waals surface area (Å²) in [5, 5.41) is -0.509. The average Bonchev–Trinajstić information content (AvgIpc) is 1.89. The van der Waals surface area contributed by atoms with Crippen LogP contribution in [0, 0.1) is 0 Å². The molecular formula is C7H9ClO2. The minimum atomic E-state index is -0.509. The van der Waals surface area contributed by atoms with Gasteiger partial charge in [-0.2, -0.15) is 0 Å². The molecule has 0 aliphatic carbocycles. The maximum Gasteiger partial charge on any atom is 0.244 e. The second-order valence-electron chi connectivity index (χ2n) is 1.32. The minimum Gasteiger partial charge on any atom is -0.295 e. The Morgan fingerprint density at radius 1 is 1.30 bits per heavy atom. The van der Waals surface area contributed by atoms with Gasteiger partial charge in [0.25, 0.3) is 0 Å². The van der Waals surface area contributed by atoms with Crippen molar-refractivity contribution >= 4 is 22.6 Å². The number of ketones is 1. The quantitative estimate of drug-likeness (QED) is 0.455. The summed E-state index contributed by atoms with van der Waals surface area (Å²) in [6.07, 6.45) is 2.32. The molecule has 0 saturated carbocycles. The lowest BCUT2D eigenvalue weighted by Crippen LogP contribution is -1.74. The van der Waals surface area contributed by atoms with Crippen molar-refractivity contribution in [3.8, 4) is 0 Å². The van der Waals surface area contributed by atoms with Gasteiger partial charge >= 0.3 is 0 Å². The Kier molecular flexibility index (Phi) is 9.61. The second kappa shape index (κ2) is 8.11. The van der Waals surface area contributed by atoms with E-state index >= 15 is 0 Å². The lowest BCUT2D eigenvalue weighted by molar-refractivity contribution is -0.112. The first kappa shape index (κ1) is 11.9. The number of carbonyl (C=O) groups is 2. The molecule has 10 heavy (non-hydrogen) atoms. The standard InChI is InChI=1S/C4H6O.C3H3ClO/c1-3-4(2)5;1-2-3(4)5/h3H,1H2,2H3;2H,1H2. The number of allylic oxidation sites excluding steroid dienone is 2. The Labute approximate surface area is 65.2 Å².